The molecule has 68 valence electrons. The highest BCUT2D eigenvalue weighted by Crippen LogP contribution is 1.64. The lowest BCUT2D eigenvalue weighted by atomic mass is 10.6. The fraction of sp³-hybridized carbons (Fsp3) is 0.500. The number of aliphatic hydroxyl groups excluding tert-OH is 3. The lowest BCUT2D eigenvalue weighted by Crippen LogP contribution is -1.74. The predicted molar refractivity (Wildman–Crippen MR) is 47.5 cm³/mol. The lowest BCUT2D eigenvalue weighted by Gasteiger charge is -1.66. The molecule has 0 heterocycles. The fourth-order valence-corrected chi connectivity index (χ4v) is 0.309. The Labute approximate surface area is 77.0 Å². The minimum absolute atomic E-state index is 0.0906. The zero-order valence-corrected chi connectivity index (χ0v) is 7.30. The molecule has 0 aromatic rings. The number of hydrogen-bond donors (Lipinski definition) is 3. The molecule has 0 aliphatic carbocycles. The van der Waals surface area contributed by atoms with Crippen molar-refractivity contribution < 1.29 is 15.3 Å². The summed E-state index contributed by atoms with van der Waals surface area (Å²) >= 11 is 5.10. The molecule has 3 N–H and O–H groups in total. The monoisotopic (exact) mass is 190 g/mol. The van der Waals surface area contributed by atoms with Gasteiger partial charge in [-0.2, -0.15) is 0 Å². The van der Waals surface area contributed by atoms with E-state index >= 15 is 0 Å². The Hall–Kier alpha value is -0.710. The van der Waals surface area contributed by atoms with Crippen molar-refractivity contribution in [2.24, 2.45) is 0 Å². The van der Waals surface area contributed by atoms with Crippen LogP contribution in [-0.2, 0) is 0 Å². The quantitative estimate of drug-likeness (QED) is 0.346. The van der Waals surface area contributed by atoms with Gasteiger partial charge >= 0.3 is 0 Å². The normalized spacial score (nSPS) is 6.33. The van der Waals surface area contributed by atoms with Crippen LogP contribution in [0.3, 0.4) is 0 Å². The first-order chi connectivity index (χ1) is 5.83. The number of aliphatic hydroxyl groups is 3. The van der Waals surface area contributed by atoms with Crippen molar-refractivity contribution in [1.82, 2.24) is 0 Å². The lowest BCUT2D eigenvalue weighted by molar-refractivity contribution is 0.342. The molecule has 0 fully saturated rings. The molecule has 0 aliphatic heterocycles. The molecule has 0 spiro atoms. The second-order valence-electron chi connectivity index (χ2n) is 1.32. The minimum Gasteiger partial charge on any atom is -0.384 e. The average Bonchev–Trinajstić information content (AvgIpc) is 2.12. The van der Waals surface area contributed by atoms with Crippen molar-refractivity contribution >= 4 is 11.6 Å². The maximum Gasteiger partial charge on any atom is 0.104 e. The molecule has 0 atom stereocenters. The van der Waals surface area contributed by atoms with Gasteiger partial charge in [0.1, 0.15) is 19.8 Å². The Morgan fingerprint density at radius 1 is 0.750 bits per heavy atom. The zero-order valence-electron chi connectivity index (χ0n) is 6.55. The summed E-state index contributed by atoms with van der Waals surface area (Å²) in [5.74, 6) is 9.65. The van der Waals surface area contributed by atoms with E-state index in [2.05, 4.69) is 23.7 Å². The summed E-state index contributed by atoms with van der Waals surface area (Å²) in [4.78, 5) is 0. The third kappa shape index (κ3) is 22.8. The van der Waals surface area contributed by atoms with Gasteiger partial charge < -0.3 is 15.3 Å². The van der Waals surface area contributed by atoms with E-state index in [0.29, 0.717) is 5.88 Å². The van der Waals surface area contributed by atoms with Crippen LogP contribution in [0.2, 0.25) is 0 Å². The number of halogens is 1. The topological polar surface area (TPSA) is 60.7 Å². The average molecular weight is 191 g/mol. The van der Waals surface area contributed by atoms with E-state index in [1.54, 1.807) is 0 Å². The van der Waals surface area contributed by atoms with Crippen molar-refractivity contribution in [3.05, 3.63) is 0 Å². The Morgan fingerprint density at radius 3 is 1.25 bits per heavy atom. The van der Waals surface area contributed by atoms with Crippen LogP contribution >= 0.6 is 11.6 Å². The van der Waals surface area contributed by atoms with E-state index in [9.17, 15) is 0 Å². The Kier molecular flexibility index (Phi) is 19.3. The Bertz CT molecular complexity index is 144. The maximum absolute atomic E-state index is 7.97. The maximum atomic E-state index is 7.97. The van der Waals surface area contributed by atoms with Gasteiger partial charge in [-0.1, -0.05) is 23.7 Å². The largest absolute Gasteiger partial charge is 0.384 e. The van der Waals surface area contributed by atoms with Gasteiger partial charge in [0, 0.05) is 0 Å². The predicted octanol–water partition coefficient (Wildman–Crippen LogP) is -0.805. The van der Waals surface area contributed by atoms with E-state index in [1.807, 2.05) is 0 Å². The molecule has 0 amide bonds. The van der Waals surface area contributed by atoms with E-state index in [-0.39, 0.29) is 19.8 Å². The Balaban J connectivity index is 0. The molecular formula is C8H11ClO3. The van der Waals surface area contributed by atoms with Gasteiger partial charge in [0.15, 0.2) is 0 Å². The van der Waals surface area contributed by atoms with Crippen LogP contribution < -0.4 is 0 Å². The number of rotatable bonds is 0. The minimum atomic E-state index is -0.166. The number of alkyl halides is 1. The van der Waals surface area contributed by atoms with Gasteiger partial charge in [0.2, 0.25) is 0 Å². The van der Waals surface area contributed by atoms with Crippen LogP contribution in [0.5, 0.6) is 0 Å². The van der Waals surface area contributed by atoms with Gasteiger partial charge in [-0.15, -0.1) is 11.6 Å². The third-order valence-corrected chi connectivity index (χ3v) is 0.688. The highest BCUT2D eigenvalue weighted by molar-refractivity contribution is 6.19. The first-order valence-corrected chi connectivity index (χ1v) is 3.66. The van der Waals surface area contributed by atoms with Gasteiger partial charge in [0.05, 0.1) is 5.88 Å². The van der Waals surface area contributed by atoms with Gasteiger partial charge in [-0.05, 0) is 0 Å². The van der Waals surface area contributed by atoms with Crippen LogP contribution in [0, 0.1) is 23.7 Å². The standard InChI is InChI=1S/C4H5ClO.C4H6O2/c2*5-3-1-2-4-6/h6H,3-4H2;5-6H,3-4H2. The zero-order chi connectivity index (χ0) is 9.66. The second-order valence-corrected chi connectivity index (χ2v) is 1.58. The fourth-order valence-electron chi connectivity index (χ4n) is 0.215. The molecule has 0 bridgehead atoms. The summed E-state index contributed by atoms with van der Waals surface area (Å²) in [5, 5.41) is 23.8. The van der Waals surface area contributed by atoms with E-state index in [1.165, 1.54) is 0 Å². The molecular weight excluding hydrogens is 180 g/mol. The summed E-state index contributed by atoms with van der Waals surface area (Å²) in [6.45, 7) is -0.423. The molecule has 3 nitrogen and oxygen atoms in total. The third-order valence-electron chi connectivity index (χ3n) is 0.554. The molecule has 12 heavy (non-hydrogen) atoms. The SMILES string of the molecule is OCC#CCCl.OCC#CCO. The molecule has 4 heteroatoms. The molecule has 0 aliphatic rings. The van der Waals surface area contributed by atoms with Crippen LogP contribution in [0.1, 0.15) is 0 Å². The van der Waals surface area contributed by atoms with Crippen molar-refractivity contribution in [1.29, 1.82) is 0 Å². The highest BCUT2D eigenvalue weighted by atomic mass is 35.5. The molecule has 0 saturated carbocycles. The van der Waals surface area contributed by atoms with Crippen LogP contribution in [0.15, 0.2) is 0 Å². The van der Waals surface area contributed by atoms with Crippen LogP contribution in [0.25, 0.3) is 0 Å². The summed E-state index contributed by atoms with van der Waals surface area (Å²) < 4.78 is 0. The first-order valence-electron chi connectivity index (χ1n) is 3.13. The molecule has 0 radical (unpaired) electrons. The molecule has 0 rings (SSSR count). The number of hydrogen-bond acceptors (Lipinski definition) is 3. The summed E-state index contributed by atoms with van der Waals surface area (Å²) in [7, 11) is 0. The van der Waals surface area contributed by atoms with E-state index < -0.39 is 0 Å². The summed E-state index contributed by atoms with van der Waals surface area (Å²) in [6.07, 6.45) is 0. The smallest absolute Gasteiger partial charge is 0.104 e. The second kappa shape index (κ2) is 16.7. The first kappa shape index (κ1) is 13.9. The molecule has 0 saturated heterocycles. The molecule has 0 unspecified atom stereocenters. The van der Waals surface area contributed by atoms with Gasteiger partial charge in [0.25, 0.3) is 0 Å². The summed E-state index contributed by atoms with van der Waals surface area (Å²) in [6, 6.07) is 0. The highest BCUT2D eigenvalue weighted by Gasteiger charge is 1.58. The van der Waals surface area contributed by atoms with E-state index in [4.69, 9.17) is 26.9 Å². The van der Waals surface area contributed by atoms with Crippen molar-refractivity contribution in [2.45, 2.75) is 0 Å². The van der Waals surface area contributed by atoms with Gasteiger partial charge in [-0.3, -0.25) is 0 Å². The Morgan fingerprint density at radius 2 is 1.08 bits per heavy atom. The van der Waals surface area contributed by atoms with Crippen LogP contribution in [0.4, 0.5) is 0 Å². The van der Waals surface area contributed by atoms with Crippen molar-refractivity contribution in [2.75, 3.05) is 25.7 Å². The van der Waals surface area contributed by atoms with Gasteiger partial charge in [-0.25, -0.2) is 0 Å². The van der Waals surface area contributed by atoms with Crippen molar-refractivity contribution in [3.63, 3.8) is 0 Å². The summed E-state index contributed by atoms with van der Waals surface area (Å²) in [5.41, 5.74) is 0. The van der Waals surface area contributed by atoms with Crippen molar-refractivity contribution in [3.8, 4) is 23.7 Å². The molecule has 0 aromatic heterocycles. The van der Waals surface area contributed by atoms with Crippen LogP contribution in [-0.4, -0.2) is 41.0 Å². The van der Waals surface area contributed by atoms with E-state index in [0.717, 1.165) is 0 Å². The molecule has 0 aromatic carbocycles.